The molecule has 0 unspecified atom stereocenters. The van der Waals surface area contributed by atoms with Crippen LogP contribution in [-0.2, 0) is 0 Å². The Morgan fingerprint density at radius 3 is 1.22 bits per heavy atom. The van der Waals surface area contributed by atoms with E-state index in [-0.39, 0.29) is 35.1 Å². The molecular weight excluding hydrogens is 841 g/mol. The molecule has 2 aliphatic rings. The number of ether oxygens (including phenoxy) is 4. The number of nitrogens with zero attached hydrogens (tertiary/aromatic N) is 2. The zero-order valence-electron chi connectivity index (χ0n) is 40.0. The van der Waals surface area contributed by atoms with Crippen LogP contribution in [0.1, 0.15) is 181 Å². The summed E-state index contributed by atoms with van der Waals surface area (Å²) >= 11 is 0. The molecule has 2 saturated carbocycles. The number of phenolic OH excluding ortho intramolecular Hbond substituents is 2. The minimum Gasteiger partial charge on any atom is -0.507 e. The average Bonchev–Trinajstić information content (AvgIpc) is 3.34. The highest BCUT2D eigenvalue weighted by Gasteiger charge is 2.27. The van der Waals surface area contributed by atoms with E-state index in [2.05, 4.69) is 13.8 Å². The summed E-state index contributed by atoms with van der Waals surface area (Å²) in [5.74, 6) is 2.48. The Morgan fingerprint density at radius 1 is 0.493 bits per heavy atom. The van der Waals surface area contributed by atoms with Crippen LogP contribution in [0.15, 0.2) is 94.9 Å². The van der Waals surface area contributed by atoms with E-state index in [0.29, 0.717) is 47.3 Å². The number of hydrogen-bond acceptors (Lipinski definition) is 10. The van der Waals surface area contributed by atoms with Crippen molar-refractivity contribution in [3.8, 4) is 34.5 Å². The topological polar surface area (TPSA) is 136 Å². The number of aromatic hydroxyl groups is 2. The second-order valence-corrected chi connectivity index (χ2v) is 18.6. The molecule has 4 aromatic rings. The molecule has 0 aromatic heterocycles. The summed E-state index contributed by atoms with van der Waals surface area (Å²) in [6, 6.07) is 24.2. The number of benzene rings is 4. The zero-order chi connectivity index (χ0) is 47.1. The molecule has 0 heterocycles. The van der Waals surface area contributed by atoms with Gasteiger partial charge >= 0.3 is 11.9 Å². The summed E-state index contributed by atoms with van der Waals surface area (Å²) in [4.78, 5) is 35.3. The standard InChI is InChI=1S/C57H74N2O8/c1-3-5-7-9-11-13-35-64-50-29-19-44(20-30-50)56(62)66-52-33-23-46(54(60)38-52)40-58-48-25-15-42(16-26-48)37-43-17-27-49(28-18-43)59-41-47-24-34-53(39-55(47)61)67-57(63)45-21-31-51(32-22-45)65-36-14-12-10-8-6-4-2/h19-24,29-34,38-43,48-49,60-61H,3-18,25-28,35-37H2,1-2H3. The SMILES string of the molecule is CCCCCCCCOc1ccc(C(=O)Oc2ccc(C=NC3CCC(CC4CCC(N=Cc5ccc(OC(=O)c6ccc(OCCCCCCCC)cc6)cc5O)CC4)CC3)c(O)c2)cc1. The fraction of sp³-hybridized carbons (Fsp3) is 0.509. The molecule has 0 atom stereocenters. The number of phenols is 2. The Bertz CT molecular complexity index is 2000. The van der Waals surface area contributed by atoms with Gasteiger partial charge in [-0.25, -0.2) is 9.59 Å². The molecule has 2 aliphatic carbocycles. The number of carbonyl (C=O) groups excluding carboxylic acids is 2. The third-order valence-corrected chi connectivity index (χ3v) is 13.3. The Labute approximate surface area is 399 Å². The van der Waals surface area contributed by atoms with Crippen LogP contribution in [0.25, 0.3) is 0 Å². The maximum absolute atomic E-state index is 12.8. The quantitative estimate of drug-likeness (QED) is 0.0275. The predicted octanol–water partition coefficient (Wildman–Crippen LogP) is 14.1. The van der Waals surface area contributed by atoms with Crippen LogP contribution in [0.5, 0.6) is 34.5 Å². The molecule has 0 bridgehead atoms. The van der Waals surface area contributed by atoms with Gasteiger partial charge in [-0.1, -0.05) is 78.1 Å². The van der Waals surface area contributed by atoms with Crippen molar-refractivity contribution in [3.05, 3.63) is 107 Å². The van der Waals surface area contributed by atoms with Gasteiger partial charge in [0, 0.05) is 47.8 Å². The number of aliphatic imine (C=N–C) groups is 2. The first-order chi connectivity index (χ1) is 32.8. The largest absolute Gasteiger partial charge is 0.507 e. The molecule has 0 aliphatic heterocycles. The van der Waals surface area contributed by atoms with Crippen LogP contribution in [0.4, 0.5) is 0 Å². The molecule has 0 amide bonds. The van der Waals surface area contributed by atoms with Gasteiger partial charge in [0.1, 0.15) is 34.5 Å². The van der Waals surface area contributed by atoms with Crippen LogP contribution in [0, 0.1) is 11.8 Å². The Morgan fingerprint density at radius 2 is 0.851 bits per heavy atom. The van der Waals surface area contributed by atoms with Crippen LogP contribution in [0.3, 0.4) is 0 Å². The highest BCUT2D eigenvalue weighted by molar-refractivity contribution is 5.92. The van der Waals surface area contributed by atoms with Gasteiger partial charge in [-0.2, -0.15) is 0 Å². The molecule has 10 heteroatoms. The first kappa shape index (κ1) is 50.8. The normalized spacial score (nSPS) is 18.5. The molecule has 360 valence electrons. The molecule has 6 rings (SSSR count). The van der Waals surface area contributed by atoms with Crippen molar-refractivity contribution >= 4 is 24.4 Å². The Hall–Kier alpha value is -5.64. The van der Waals surface area contributed by atoms with E-state index in [1.54, 1.807) is 85.2 Å². The van der Waals surface area contributed by atoms with Gasteiger partial charge < -0.3 is 29.2 Å². The van der Waals surface area contributed by atoms with Crippen molar-refractivity contribution in [1.82, 2.24) is 0 Å². The number of unbranched alkanes of at least 4 members (excludes halogenated alkanes) is 10. The van der Waals surface area contributed by atoms with Crippen LogP contribution < -0.4 is 18.9 Å². The molecule has 2 fully saturated rings. The summed E-state index contributed by atoms with van der Waals surface area (Å²) in [5, 5.41) is 21.5. The average molecular weight is 915 g/mol. The lowest BCUT2D eigenvalue weighted by atomic mass is 9.76. The number of hydrogen-bond donors (Lipinski definition) is 2. The van der Waals surface area contributed by atoms with Gasteiger partial charge in [0.15, 0.2) is 0 Å². The number of esters is 2. The molecule has 4 aromatic carbocycles. The maximum Gasteiger partial charge on any atom is 0.343 e. The minimum absolute atomic E-state index is 0.0244. The van der Waals surface area contributed by atoms with Crippen LogP contribution in [0.2, 0.25) is 0 Å². The summed E-state index contributed by atoms with van der Waals surface area (Å²) in [7, 11) is 0. The molecule has 0 saturated heterocycles. The summed E-state index contributed by atoms with van der Waals surface area (Å²) in [5.41, 5.74) is 2.03. The summed E-state index contributed by atoms with van der Waals surface area (Å²) < 4.78 is 22.8. The van der Waals surface area contributed by atoms with E-state index in [9.17, 15) is 19.8 Å². The van der Waals surface area contributed by atoms with Gasteiger partial charge in [-0.3, -0.25) is 9.98 Å². The lowest BCUT2D eigenvalue weighted by molar-refractivity contribution is 0.0724. The van der Waals surface area contributed by atoms with Gasteiger partial charge in [0.2, 0.25) is 0 Å². The molecular formula is C57H74N2O8. The summed E-state index contributed by atoms with van der Waals surface area (Å²) in [6.07, 6.45) is 27.9. The first-order valence-electron chi connectivity index (χ1n) is 25.4. The number of carbonyl (C=O) groups is 2. The Balaban J connectivity index is 0.844. The Kier molecular flexibility index (Phi) is 21.1. The molecule has 10 nitrogen and oxygen atoms in total. The van der Waals surface area contributed by atoms with Crippen molar-refractivity contribution in [2.45, 2.75) is 161 Å². The second-order valence-electron chi connectivity index (χ2n) is 18.6. The second kappa shape index (κ2) is 27.9. The van der Waals surface area contributed by atoms with E-state index < -0.39 is 11.9 Å². The van der Waals surface area contributed by atoms with E-state index in [4.69, 9.17) is 28.9 Å². The maximum atomic E-state index is 12.8. The highest BCUT2D eigenvalue weighted by atomic mass is 16.5. The molecule has 0 radical (unpaired) electrons. The van der Waals surface area contributed by atoms with Gasteiger partial charge in [0.05, 0.1) is 24.3 Å². The summed E-state index contributed by atoms with van der Waals surface area (Å²) in [6.45, 7) is 5.76. The monoisotopic (exact) mass is 915 g/mol. The minimum atomic E-state index is -0.494. The first-order valence-corrected chi connectivity index (χ1v) is 25.4. The van der Waals surface area contributed by atoms with Crippen molar-refractivity contribution in [2.75, 3.05) is 13.2 Å². The van der Waals surface area contributed by atoms with Crippen LogP contribution in [-0.4, -0.2) is 59.9 Å². The predicted molar refractivity (Wildman–Crippen MR) is 268 cm³/mol. The third-order valence-electron chi connectivity index (χ3n) is 13.3. The van der Waals surface area contributed by atoms with Gasteiger partial charge in [-0.15, -0.1) is 0 Å². The van der Waals surface area contributed by atoms with Crippen LogP contribution >= 0.6 is 0 Å². The van der Waals surface area contributed by atoms with Crippen molar-refractivity contribution in [3.63, 3.8) is 0 Å². The fourth-order valence-corrected chi connectivity index (χ4v) is 9.15. The van der Waals surface area contributed by atoms with Gasteiger partial charge in [-0.05, 0) is 155 Å². The lowest BCUT2D eigenvalue weighted by Gasteiger charge is -2.32. The van der Waals surface area contributed by atoms with E-state index in [0.717, 1.165) is 88.5 Å². The zero-order valence-corrected chi connectivity index (χ0v) is 40.0. The van der Waals surface area contributed by atoms with Crippen molar-refractivity contribution in [1.29, 1.82) is 0 Å². The molecule has 67 heavy (non-hydrogen) atoms. The number of rotatable bonds is 26. The van der Waals surface area contributed by atoms with E-state index >= 15 is 0 Å². The van der Waals surface area contributed by atoms with E-state index in [1.807, 2.05) is 0 Å². The fourth-order valence-electron chi connectivity index (χ4n) is 9.15. The molecule has 0 spiro atoms. The van der Waals surface area contributed by atoms with Crippen molar-refractivity contribution < 1.29 is 38.7 Å². The lowest BCUT2D eigenvalue weighted by Crippen LogP contribution is -2.23. The third kappa shape index (κ3) is 17.5. The van der Waals surface area contributed by atoms with Crippen molar-refractivity contribution in [2.24, 2.45) is 21.8 Å². The van der Waals surface area contributed by atoms with Gasteiger partial charge in [0.25, 0.3) is 0 Å². The van der Waals surface area contributed by atoms with E-state index in [1.165, 1.54) is 69.9 Å². The molecule has 2 N–H and O–H groups in total. The highest BCUT2D eigenvalue weighted by Crippen LogP contribution is 2.37. The smallest absolute Gasteiger partial charge is 0.343 e.